The third kappa shape index (κ3) is 2.63. The number of aryl methyl sites for hydroxylation is 1. The smallest absolute Gasteiger partial charge is 0.150 e. The van der Waals surface area contributed by atoms with Crippen molar-refractivity contribution >= 4 is 26.8 Å². The van der Waals surface area contributed by atoms with E-state index in [0.717, 1.165) is 36.0 Å². The molecule has 1 unspecified atom stereocenters. The van der Waals surface area contributed by atoms with Gasteiger partial charge in [-0.1, -0.05) is 0 Å². The van der Waals surface area contributed by atoms with Crippen molar-refractivity contribution in [2.75, 3.05) is 6.61 Å². The summed E-state index contributed by atoms with van der Waals surface area (Å²) in [6, 6.07) is 7.40. The lowest BCUT2D eigenvalue weighted by Gasteiger charge is -2.23. The van der Waals surface area contributed by atoms with Gasteiger partial charge in [0.25, 0.3) is 0 Å². The molecule has 0 saturated carbocycles. The number of pyridine rings is 1. The van der Waals surface area contributed by atoms with Gasteiger partial charge in [-0.05, 0) is 66.4 Å². The van der Waals surface area contributed by atoms with Gasteiger partial charge in [0, 0.05) is 24.1 Å². The summed E-state index contributed by atoms with van der Waals surface area (Å²) in [5.74, 6) is -0.293. The summed E-state index contributed by atoms with van der Waals surface area (Å²) >= 11 is 3.29. The molecule has 1 aliphatic rings. The molecule has 1 fully saturated rings. The first kappa shape index (κ1) is 15.7. The van der Waals surface area contributed by atoms with Crippen molar-refractivity contribution in [2.45, 2.75) is 32.4 Å². The number of halogens is 2. The van der Waals surface area contributed by atoms with Crippen molar-refractivity contribution in [3.8, 4) is 11.3 Å². The van der Waals surface area contributed by atoms with Crippen molar-refractivity contribution in [3.05, 3.63) is 46.4 Å². The van der Waals surface area contributed by atoms with Crippen LogP contribution in [-0.2, 0) is 4.74 Å². The van der Waals surface area contributed by atoms with Crippen LogP contribution in [0.25, 0.3) is 22.2 Å². The average molecular weight is 390 g/mol. The number of aromatic nitrogens is 3. The quantitative estimate of drug-likeness (QED) is 0.618. The largest absolute Gasteiger partial charge is 0.356 e. The molecule has 1 saturated heterocycles. The minimum atomic E-state index is -0.293. The predicted molar refractivity (Wildman–Crippen MR) is 94.2 cm³/mol. The highest BCUT2D eigenvalue weighted by Gasteiger charge is 2.24. The maximum Gasteiger partial charge on any atom is 0.150 e. The molecule has 0 N–H and O–H groups in total. The summed E-state index contributed by atoms with van der Waals surface area (Å²) in [5, 5.41) is 5.25. The third-order valence-electron chi connectivity index (χ3n) is 4.36. The van der Waals surface area contributed by atoms with Crippen LogP contribution in [0.4, 0.5) is 4.39 Å². The second kappa shape index (κ2) is 6.26. The van der Waals surface area contributed by atoms with E-state index in [-0.39, 0.29) is 12.0 Å². The number of hydrogen-bond acceptors (Lipinski definition) is 3. The van der Waals surface area contributed by atoms with Crippen molar-refractivity contribution in [3.63, 3.8) is 0 Å². The molecule has 3 aromatic rings. The van der Waals surface area contributed by atoms with Gasteiger partial charge in [-0.3, -0.25) is 4.98 Å². The minimum absolute atomic E-state index is 0.140. The standard InChI is InChI=1S/C18H17BrFN3O/c1-11-10-12(7-8-21-11)18-16-14(6-5-13(19)17(16)20)23(22-18)15-4-2-3-9-24-15/h5-8,10,15H,2-4,9H2,1H3. The van der Waals surface area contributed by atoms with Crippen molar-refractivity contribution < 1.29 is 9.13 Å². The highest BCUT2D eigenvalue weighted by molar-refractivity contribution is 9.10. The molecule has 0 aliphatic carbocycles. The van der Waals surface area contributed by atoms with Gasteiger partial charge >= 0.3 is 0 Å². The summed E-state index contributed by atoms with van der Waals surface area (Å²) in [4.78, 5) is 4.22. The Morgan fingerprint density at radius 3 is 2.92 bits per heavy atom. The van der Waals surface area contributed by atoms with Crippen LogP contribution in [0.2, 0.25) is 0 Å². The molecule has 6 heteroatoms. The van der Waals surface area contributed by atoms with E-state index in [2.05, 4.69) is 20.9 Å². The number of benzene rings is 1. The van der Waals surface area contributed by atoms with Gasteiger partial charge in [0.1, 0.15) is 11.5 Å². The molecular formula is C18H17BrFN3O. The van der Waals surface area contributed by atoms with Crippen LogP contribution in [0, 0.1) is 12.7 Å². The fourth-order valence-electron chi connectivity index (χ4n) is 3.20. The zero-order valence-electron chi connectivity index (χ0n) is 13.3. The van der Waals surface area contributed by atoms with Gasteiger partial charge in [0.15, 0.2) is 6.23 Å². The van der Waals surface area contributed by atoms with Gasteiger partial charge in [-0.15, -0.1) is 0 Å². The van der Waals surface area contributed by atoms with Gasteiger partial charge in [0.2, 0.25) is 0 Å². The van der Waals surface area contributed by atoms with E-state index < -0.39 is 0 Å². The van der Waals surface area contributed by atoms with Crippen LogP contribution in [0.3, 0.4) is 0 Å². The molecule has 24 heavy (non-hydrogen) atoms. The molecule has 1 atom stereocenters. The molecule has 0 amide bonds. The second-order valence-corrected chi connectivity index (χ2v) is 6.91. The highest BCUT2D eigenvalue weighted by atomic mass is 79.9. The Bertz CT molecular complexity index is 903. The van der Waals surface area contributed by atoms with E-state index in [4.69, 9.17) is 9.84 Å². The maximum atomic E-state index is 14.9. The minimum Gasteiger partial charge on any atom is -0.356 e. The molecule has 4 rings (SSSR count). The predicted octanol–water partition coefficient (Wildman–Crippen LogP) is 5.01. The molecule has 2 aromatic heterocycles. The number of fused-ring (bicyclic) bond motifs is 1. The number of hydrogen-bond donors (Lipinski definition) is 0. The summed E-state index contributed by atoms with van der Waals surface area (Å²) in [5.41, 5.74) is 3.12. The fourth-order valence-corrected chi connectivity index (χ4v) is 3.53. The van der Waals surface area contributed by atoms with Gasteiger partial charge < -0.3 is 4.74 Å². The first-order chi connectivity index (χ1) is 11.6. The molecule has 0 spiro atoms. The van der Waals surface area contributed by atoms with Crippen molar-refractivity contribution in [1.82, 2.24) is 14.8 Å². The Kier molecular flexibility index (Phi) is 4.10. The SMILES string of the molecule is Cc1cc(-c2nn(C3CCCCO3)c3ccc(Br)c(F)c23)ccn1. The topological polar surface area (TPSA) is 39.9 Å². The van der Waals surface area contributed by atoms with Crippen LogP contribution < -0.4 is 0 Å². The van der Waals surface area contributed by atoms with E-state index in [1.165, 1.54) is 0 Å². The molecule has 1 aliphatic heterocycles. The van der Waals surface area contributed by atoms with Crippen LogP contribution in [-0.4, -0.2) is 21.4 Å². The lowest BCUT2D eigenvalue weighted by Crippen LogP contribution is -2.19. The summed E-state index contributed by atoms with van der Waals surface area (Å²) in [6.07, 6.45) is 4.63. The monoisotopic (exact) mass is 389 g/mol. The Hall–Kier alpha value is -1.79. The molecular weight excluding hydrogens is 373 g/mol. The van der Waals surface area contributed by atoms with Crippen LogP contribution >= 0.6 is 15.9 Å². The van der Waals surface area contributed by atoms with E-state index in [1.54, 1.807) is 12.3 Å². The number of nitrogens with zero attached hydrogens (tertiary/aromatic N) is 3. The van der Waals surface area contributed by atoms with Crippen LogP contribution in [0.1, 0.15) is 31.2 Å². The van der Waals surface area contributed by atoms with Crippen LogP contribution in [0.5, 0.6) is 0 Å². The van der Waals surface area contributed by atoms with Crippen molar-refractivity contribution in [1.29, 1.82) is 0 Å². The van der Waals surface area contributed by atoms with E-state index >= 15 is 0 Å². The van der Waals surface area contributed by atoms with Gasteiger partial charge in [-0.25, -0.2) is 9.07 Å². The van der Waals surface area contributed by atoms with E-state index in [0.29, 0.717) is 22.2 Å². The van der Waals surface area contributed by atoms with Gasteiger partial charge in [-0.2, -0.15) is 5.10 Å². The molecule has 3 heterocycles. The fraction of sp³-hybridized carbons (Fsp3) is 0.333. The number of ether oxygens (including phenoxy) is 1. The third-order valence-corrected chi connectivity index (χ3v) is 4.98. The second-order valence-electron chi connectivity index (χ2n) is 6.06. The Labute approximate surface area is 147 Å². The Morgan fingerprint density at radius 1 is 1.29 bits per heavy atom. The van der Waals surface area contributed by atoms with Crippen molar-refractivity contribution in [2.24, 2.45) is 0 Å². The Balaban J connectivity index is 1.97. The number of rotatable bonds is 2. The zero-order valence-corrected chi connectivity index (χ0v) is 14.9. The van der Waals surface area contributed by atoms with E-state index in [9.17, 15) is 4.39 Å². The summed E-state index contributed by atoms with van der Waals surface area (Å²) in [7, 11) is 0. The first-order valence-electron chi connectivity index (χ1n) is 8.06. The summed E-state index contributed by atoms with van der Waals surface area (Å²) < 4.78 is 23.0. The van der Waals surface area contributed by atoms with E-state index in [1.807, 2.05) is 29.8 Å². The van der Waals surface area contributed by atoms with Gasteiger partial charge in [0.05, 0.1) is 15.4 Å². The maximum absolute atomic E-state index is 14.9. The van der Waals surface area contributed by atoms with Crippen LogP contribution in [0.15, 0.2) is 34.9 Å². The Morgan fingerprint density at radius 2 is 2.17 bits per heavy atom. The lowest BCUT2D eigenvalue weighted by atomic mass is 10.1. The first-order valence-corrected chi connectivity index (χ1v) is 8.85. The normalized spacial score (nSPS) is 18.2. The molecule has 0 bridgehead atoms. The molecule has 4 nitrogen and oxygen atoms in total. The summed E-state index contributed by atoms with van der Waals surface area (Å²) in [6.45, 7) is 2.63. The molecule has 1 aromatic carbocycles. The molecule has 0 radical (unpaired) electrons. The zero-order chi connectivity index (χ0) is 16.7. The average Bonchev–Trinajstić information content (AvgIpc) is 2.99. The molecule has 124 valence electrons. The highest BCUT2D eigenvalue weighted by Crippen LogP contribution is 2.36. The lowest BCUT2D eigenvalue weighted by molar-refractivity contribution is -0.0365.